The molecule has 2 aromatic carbocycles. The van der Waals surface area contributed by atoms with Gasteiger partial charge in [-0.05, 0) is 70.0 Å². The van der Waals surface area contributed by atoms with Gasteiger partial charge >= 0.3 is 12.1 Å². The van der Waals surface area contributed by atoms with E-state index in [-0.39, 0.29) is 46.8 Å². The average Bonchev–Trinajstić information content (AvgIpc) is 2.88. The second kappa shape index (κ2) is 12.8. The molecule has 3 rings (SSSR count). The number of hydrogen-bond acceptors (Lipinski definition) is 9. The largest absolute Gasteiger partial charge is 0.467 e. The number of anilines is 2. The summed E-state index contributed by atoms with van der Waals surface area (Å²) in [5, 5.41) is 5.29. The van der Waals surface area contributed by atoms with Gasteiger partial charge in [0.15, 0.2) is 5.82 Å². The molecule has 0 aliphatic heterocycles. The predicted octanol–water partition coefficient (Wildman–Crippen LogP) is 2.91. The number of carbonyl (C=O) groups excluding carboxylic acids is 3. The molecule has 1 atom stereocenters. The van der Waals surface area contributed by atoms with Crippen LogP contribution in [-0.4, -0.2) is 53.2 Å². The molecule has 40 heavy (non-hydrogen) atoms. The molecular weight excluding hydrogens is 519 g/mol. The van der Waals surface area contributed by atoms with E-state index < -0.39 is 35.4 Å². The van der Waals surface area contributed by atoms with Crippen LogP contribution < -0.4 is 22.1 Å². The molecule has 12 heteroatoms. The van der Waals surface area contributed by atoms with Crippen LogP contribution in [0.5, 0.6) is 0 Å². The summed E-state index contributed by atoms with van der Waals surface area (Å²) >= 11 is 0. The van der Waals surface area contributed by atoms with Crippen LogP contribution in [0.15, 0.2) is 36.4 Å². The van der Waals surface area contributed by atoms with Gasteiger partial charge in [-0.3, -0.25) is 4.79 Å². The van der Waals surface area contributed by atoms with Crippen molar-refractivity contribution >= 4 is 40.6 Å². The third kappa shape index (κ3) is 8.04. The smallest absolute Gasteiger partial charge is 0.407 e. The number of methoxy groups -OCH3 is 1. The Hall–Kier alpha value is -4.92. The number of nitrogens with one attached hydrogen (secondary N) is 2. The van der Waals surface area contributed by atoms with Gasteiger partial charge in [-0.2, -0.15) is 4.98 Å². The fourth-order valence-corrected chi connectivity index (χ4v) is 3.61. The summed E-state index contributed by atoms with van der Waals surface area (Å²) in [5.41, 5.74) is 11.9. The summed E-state index contributed by atoms with van der Waals surface area (Å²) in [5.74, 6) is 3.69. The van der Waals surface area contributed by atoms with Crippen molar-refractivity contribution in [1.82, 2.24) is 20.6 Å². The Morgan fingerprint density at radius 1 is 1.05 bits per heavy atom. The van der Waals surface area contributed by atoms with Crippen molar-refractivity contribution in [3.63, 3.8) is 0 Å². The van der Waals surface area contributed by atoms with Crippen molar-refractivity contribution in [3.05, 3.63) is 58.9 Å². The summed E-state index contributed by atoms with van der Waals surface area (Å²) in [4.78, 5) is 44.5. The van der Waals surface area contributed by atoms with E-state index in [0.717, 1.165) is 0 Å². The number of hydrogen-bond donors (Lipinski definition) is 4. The summed E-state index contributed by atoms with van der Waals surface area (Å²) in [6.45, 7) is 5.51. The van der Waals surface area contributed by atoms with E-state index in [1.807, 2.05) is 0 Å². The second-order valence-electron chi connectivity index (χ2n) is 9.74. The fraction of sp³-hybridized carbons (Fsp3) is 0.321. The number of ether oxygens (including phenoxy) is 2. The molecule has 0 aliphatic carbocycles. The monoisotopic (exact) mass is 550 g/mol. The Labute approximate surface area is 230 Å². The third-order valence-corrected chi connectivity index (χ3v) is 5.46. The number of nitrogens with zero attached hydrogens (tertiary/aromatic N) is 2. The Balaban J connectivity index is 1.63. The van der Waals surface area contributed by atoms with Crippen LogP contribution >= 0.6 is 0 Å². The van der Waals surface area contributed by atoms with E-state index in [1.165, 1.54) is 25.3 Å². The second-order valence-corrected chi connectivity index (χ2v) is 9.74. The first-order chi connectivity index (χ1) is 18.9. The van der Waals surface area contributed by atoms with Gasteiger partial charge in [0, 0.05) is 17.7 Å². The quantitative estimate of drug-likeness (QED) is 0.196. The minimum Gasteiger partial charge on any atom is -0.467 e. The lowest BCUT2D eigenvalue weighted by molar-refractivity contribution is -0.143. The van der Waals surface area contributed by atoms with Crippen LogP contribution in [0.2, 0.25) is 0 Å². The summed E-state index contributed by atoms with van der Waals surface area (Å²) in [6.07, 6.45) is 0.0580. The average molecular weight is 551 g/mol. The van der Waals surface area contributed by atoms with E-state index in [9.17, 15) is 18.8 Å². The topological polar surface area (TPSA) is 172 Å². The van der Waals surface area contributed by atoms with Crippen LogP contribution in [0.4, 0.5) is 21.0 Å². The highest BCUT2D eigenvalue weighted by Crippen LogP contribution is 2.24. The Bertz CT molecular complexity index is 1480. The van der Waals surface area contributed by atoms with E-state index in [0.29, 0.717) is 12.0 Å². The fourth-order valence-electron chi connectivity index (χ4n) is 3.61. The number of esters is 1. The highest BCUT2D eigenvalue weighted by molar-refractivity contribution is 5.97. The first kappa shape index (κ1) is 29.6. The molecule has 1 aromatic heterocycles. The standard InChI is InChI=1S/C28H31FN6O5/c1-28(2,3)40-27(38)32-15-5-6-20(25(37)39-4)33-24(36)18-11-8-16(9-12-18)7-10-17-13-14-19-21(22(17)29)23(30)35-26(31)34-19/h8-9,11-14,20H,5-6,15H2,1-4H3,(H,32,38)(H,33,36)(H4,30,31,34,35)/t20-/m0/s1. The molecule has 0 bridgehead atoms. The molecule has 0 fully saturated rings. The normalized spacial score (nSPS) is 11.6. The van der Waals surface area contributed by atoms with Crippen molar-refractivity contribution in [2.24, 2.45) is 0 Å². The van der Waals surface area contributed by atoms with Gasteiger partial charge in [0.2, 0.25) is 5.95 Å². The minimum absolute atomic E-state index is 0.0359. The number of nitrogen functional groups attached to an aromatic ring is 2. The molecule has 0 spiro atoms. The van der Waals surface area contributed by atoms with Gasteiger partial charge in [-0.25, -0.2) is 19.0 Å². The van der Waals surface area contributed by atoms with E-state index >= 15 is 0 Å². The highest BCUT2D eigenvalue weighted by atomic mass is 19.1. The van der Waals surface area contributed by atoms with Crippen LogP contribution in [0.25, 0.3) is 10.9 Å². The number of halogens is 1. The molecule has 0 radical (unpaired) electrons. The number of nitrogens with two attached hydrogens (primary N) is 2. The van der Waals surface area contributed by atoms with Crippen molar-refractivity contribution in [3.8, 4) is 11.8 Å². The van der Waals surface area contributed by atoms with Crippen molar-refractivity contribution in [1.29, 1.82) is 0 Å². The van der Waals surface area contributed by atoms with Crippen molar-refractivity contribution in [2.75, 3.05) is 25.1 Å². The molecule has 0 aliphatic rings. The van der Waals surface area contributed by atoms with Gasteiger partial charge in [0.05, 0.1) is 23.6 Å². The van der Waals surface area contributed by atoms with Crippen LogP contribution in [0, 0.1) is 17.7 Å². The maximum atomic E-state index is 14.9. The van der Waals surface area contributed by atoms with Crippen LogP contribution in [-0.2, 0) is 14.3 Å². The lowest BCUT2D eigenvalue weighted by atomic mass is 10.1. The first-order valence-electron chi connectivity index (χ1n) is 12.4. The lowest BCUT2D eigenvalue weighted by Crippen LogP contribution is -2.42. The van der Waals surface area contributed by atoms with Crippen molar-refractivity contribution in [2.45, 2.75) is 45.3 Å². The predicted molar refractivity (Wildman–Crippen MR) is 147 cm³/mol. The maximum Gasteiger partial charge on any atom is 0.407 e. The highest BCUT2D eigenvalue weighted by Gasteiger charge is 2.22. The number of fused-ring (bicyclic) bond motifs is 1. The van der Waals surface area contributed by atoms with E-state index in [1.54, 1.807) is 39.0 Å². The molecule has 6 N–H and O–H groups in total. The Morgan fingerprint density at radius 2 is 1.75 bits per heavy atom. The zero-order valence-electron chi connectivity index (χ0n) is 22.6. The Morgan fingerprint density at radius 3 is 2.40 bits per heavy atom. The number of rotatable bonds is 7. The zero-order chi connectivity index (χ0) is 29.4. The van der Waals surface area contributed by atoms with Crippen LogP contribution in [0.1, 0.15) is 55.1 Å². The molecule has 1 heterocycles. The molecule has 0 unspecified atom stereocenters. The number of aromatic nitrogens is 2. The van der Waals surface area contributed by atoms with Gasteiger partial charge in [-0.15, -0.1) is 0 Å². The third-order valence-electron chi connectivity index (χ3n) is 5.46. The Kier molecular flexibility index (Phi) is 9.45. The lowest BCUT2D eigenvalue weighted by Gasteiger charge is -2.20. The molecular formula is C28H31FN6O5. The van der Waals surface area contributed by atoms with Gasteiger partial charge in [0.25, 0.3) is 5.91 Å². The first-order valence-corrected chi connectivity index (χ1v) is 12.4. The molecule has 11 nitrogen and oxygen atoms in total. The number of alkyl carbamates (subject to hydrolysis) is 1. The number of benzene rings is 2. The SMILES string of the molecule is COC(=O)[C@H](CCCNC(=O)OC(C)(C)C)NC(=O)c1ccc(C#Cc2ccc3nc(N)nc(N)c3c2F)cc1. The minimum atomic E-state index is -0.917. The number of carbonyl (C=O) groups is 3. The molecule has 0 saturated carbocycles. The number of amides is 2. The summed E-state index contributed by atoms with van der Waals surface area (Å²) in [7, 11) is 1.23. The molecule has 210 valence electrons. The molecule has 3 aromatic rings. The maximum absolute atomic E-state index is 14.9. The summed E-state index contributed by atoms with van der Waals surface area (Å²) < 4.78 is 24.9. The van der Waals surface area contributed by atoms with Crippen LogP contribution in [0.3, 0.4) is 0 Å². The zero-order valence-corrected chi connectivity index (χ0v) is 22.6. The van der Waals surface area contributed by atoms with E-state index in [2.05, 4.69) is 32.4 Å². The van der Waals surface area contributed by atoms with Crippen molar-refractivity contribution < 1.29 is 28.2 Å². The van der Waals surface area contributed by atoms with Gasteiger partial charge < -0.3 is 31.6 Å². The molecule has 2 amide bonds. The summed E-state index contributed by atoms with van der Waals surface area (Å²) in [6, 6.07) is 8.35. The van der Waals surface area contributed by atoms with Gasteiger partial charge in [0.1, 0.15) is 17.5 Å². The van der Waals surface area contributed by atoms with E-state index in [4.69, 9.17) is 20.9 Å². The molecule has 0 saturated heterocycles. The van der Waals surface area contributed by atoms with Gasteiger partial charge in [-0.1, -0.05) is 11.8 Å².